The zero-order valence-electron chi connectivity index (χ0n) is 15.7. The van der Waals surface area contributed by atoms with Crippen molar-refractivity contribution in [1.29, 1.82) is 0 Å². The summed E-state index contributed by atoms with van der Waals surface area (Å²) in [4.78, 5) is 11.4. The molecule has 0 radical (unpaired) electrons. The zero-order chi connectivity index (χ0) is 19.2. The molecule has 0 aliphatic heterocycles. The largest absolute Gasteiger partial charge is 0.496 e. The number of fused-ring (bicyclic) bond motifs is 2. The van der Waals surface area contributed by atoms with Gasteiger partial charge < -0.3 is 9.47 Å². The summed E-state index contributed by atoms with van der Waals surface area (Å²) in [5.74, 6) is 1.63. The van der Waals surface area contributed by atoms with Crippen LogP contribution < -0.4 is 9.47 Å². The molecule has 0 amide bonds. The number of benzene rings is 4. The molecular weight excluding hydrogens is 336 g/mol. The highest BCUT2D eigenvalue weighted by Gasteiger charge is 2.10. The fourth-order valence-corrected chi connectivity index (χ4v) is 3.11. The standard InChI is InChI=1S/C13H12O2.C11H10O/c1-9(14)11-8-7-10-5-3-4-6-12(10)13(11)15-2;1-12-11-8-4-6-9-5-2-3-7-10(9)11/h3-8H,1-2H3;2-8H,1H3. The van der Waals surface area contributed by atoms with Gasteiger partial charge in [-0.15, -0.1) is 0 Å². The minimum atomic E-state index is 0.0256. The Kier molecular flexibility index (Phi) is 5.72. The van der Waals surface area contributed by atoms with Crippen LogP contribution in [-0.4, -0.2) is 20.0 Å². The Morgan fingerprint density at radius 3 is 1.89 bits per heavy atom. The number of methoxy groups -OCH3 is 2. The van der Waals surface area contributed by atoms with Crippen molar-refractivity contribution in [3.05, 3.63) is 84.4 Å². The third-order valence-electron chi connectivity index (χ3n) is 4.43. The first-order chi connectivity index (χ1) is 13.2. The van der Waals surface area contributed by atoms with Crippen LogP contribution in [0.25, 0.3) is 21.5 Å². The Morgan fingerprint density at radius 1 is 0.667 bits per heavy atom. The summed E-state index contributed by atoms with van der Waals surface area (Å²) in [5.41, 5.74) is 0.635. The Balaban J connectivity index is 0.000000159. The van der Waals surface area contributed by atoms with Crippen LogP contribution in [0.4, 0.5) is 0 Å². The fourth-order valence-electron chi connectivity index (χ4n) is 3.11. The van der Waals surface area contributed by atoms with Crippen LogP contribution in [0.2, 0.25) is 0 Å². The molecule has 0 fully saturated rings. The van der Waals surface area contributed by atoms with E-state index in [1.54, 1.807) is 21.1 Å². The molecule has 3 nitrogen and oxygen atoms in total. The Labute approximate surface area is 159 Å². The van der Waals surface area contributed by atoms with Crippen molar-refractivity contribution < 1.29 is 14.3 Å². The molecule has 4 rings (SSSR count). The molecule has 0 saturated heterocycles. The number of hydrogen-bond donors (Lipinski definition) is 0. The summed E-state index contributed by atoms with van der Waals surface area (Å²) in [7, 11) is 3.29. The maximum absolute atomic E-state index is 11.4. The topological polar surface area (TPSA) is 35.5 Å². The molecule has 0 aliphatic carbocycles. The summed E-state index contributed by atoms with van der Waals surface area (Å²) in [6, 6.07) is 25.9. The van der Waals surface area contributed by atoms with Crippen molar-refractivity contribution in [1.82, 2.24) is 0 Å². The maximum atomic E-state index is 11.4. The molecule has 4 aromatic rings. The molecule has 0 heterocycles. The molecule has 27 heavy (non-hydrogen) atoms. The first-order valence-corrected chi connectivity index (χ1v) is 8.74. The first kappa shape index (κ1) is 18.5. The van der Waals surface area contributed by atoms with E-state index in [9.17, 15) is 4.79 Å². The highest BCUT2D eigenvalue weighted by Crippen LogP contribution is 2.29. The number of hydrogen-bond acceptors (Lipinski definition) is 3. The van der Waals surface area contributed by atoms with Crippen molar-refractivity contribution in [3.63, 3.8) is 0 Å². The number of Topliss-reactive ketones (excluding diaryl/α,β-unsaturated/α-hetero) is 1. The molecular formula is C24H22O3. The molecule has 0 unspecified atom stereocenters. The van der Waals surface area contributed by atoms with E-state index in [0.717, 1.165) is 16.5 Å². The van der Waals surface area contributed by atoms with E-state index in [-0.39, 0.29) is 5.78 Å². The lowest BCUT2D eigenvalue weighted by Crippen LogP contribution is -1.97. The lowest BCUT2D eigenvalue weighted by atomic mass is 10.0. The first-order valence-electron chi connectivity index (χ1n) is 8.74. The Bertz CT molecular complexity index is 1080. The molecule has 0 bridgehead atoms. The fraction of sp³-hybridized carbons (Fsp3) is 0.125. The summed E-state index contributed by atoms with van der Waals surface area (Å²) in [6.45, 7) is 1.55. The van der Waals surface area contributed by atoms with Crippen molar-refractivity contribution in [2.24, 2.45) is 0 Å². The van der Waals surface area contributed by atoms with Crippen LogP contribution in [0, 0.1) is 0 Å². The van der Waals surface area contributed by atoms with Crippen molar-refractivity contribution in [2.75, 3.05) is 14.2 Å². The smallest absolute Gasteiger partial charge is 0.163 e. The van der Waals surface area contributed by atoms with Gasteiger partial charge in [-0.25, -0.2) is 0 Å². The van der Waals surface area contributed by atoms with Gasteiger partial charge in [-0.05, 0) is 29.8 Å². The van der Waals surface area contributed by atoms with Crippen LogP contribution >= 0.6 is 0 Å². The lowest BCUT2D eigenvalue weighted by Gasteiger charge is -2.09. The van der Waals surface area contributed by atoms with Gasteiger partial charge in [0.05, 0.1) is 19.8 Å². The lowest BCUT2D eigenvalue weighted by molar-refractivity contribution is 0.101. The van der Waals surface area contributed by atoms with E-state index in [1.807, 2.05) is 60.7 Å². The number of carbonyl (C=O) groups is 1. The van der Waals surface area contributed by atoms with E-state index in [2.05, 4.69) is 18.2 Å². The average Bonchev–Trinajstić information content (AvgIpc) is 2.72. The van der Waals surface area contributed by atoms with Gasteiger partial charge >= 0.3 is 0 Å². The molecule has 136 valence electrons. The van der Waals surface area contributed by atoms with Gasteiger partial charge in [-0.1, -0.05) is 66.7 Å². The zero-order valence-corrected chi connectivity index (χ0v) is 15.7. The molecule has 0 saturated carbocycles. The summed E-state index contributed by atoms with van der Waals surface area (Å²) >= 11 is 0. The molecule has 0 atom stereocenters. The van der Waals surface area contributed by atoms with Gasteiger partial charge in [-0.2, -0.15) is 0 Å². The van der Waals surface area contributed by atoms with Crippen molar-refractivity contribution >= 4 is 27.3 Å². The van der Waals surface area contributed by atoms with Gasteiger partial charge in [0.1, 0.15) is 11.5 Å². The predicted octanol–water partition coefficient (Wildman–Crippen LogP) is 5.90. The van der Waals surface area contributed by atoms with Gasteiger partial charge in [0.15, 0.2) is 5.78 Å². The van der Waals surface area contributed by atoms with E-state index < -0.39 is 0 Å². The van der Waals surface area contributed by atoms with Crippen LogP contribution in [0.5, 0.6) is 11.5 Å². The Morgan fingerprint density at radius 2 is 1.26 bits per heavy atom. The van der Waals surface area contributed by atoms with Gasteiger partial charge in [0.2, 0.25) is 0 Å². The second-order valence-corrected chi connectivity index (χ2v) is 6.11. The highest BCUT2D eigenvalue weighted by atomic mass is 16.5. The normalized spacial score (nSPS) is 10.2. The SMILES string of the molecule is COc1c(C(C)=O)ccc2ccccc12.COc1cccc2ccccc12. The van der Waals surface area contributed by atoms with Crippen molar-refractivity contribution in [2.45, 2.75) is 6.92 Å². The predicted molar refractivity (Wildman–Crippen MR) is 111 cm³/mol. The summed E-state index contributed by atoms with van der Waals surface area (Å²) < 4.78 is 10.5. The van der Waals surface area contributed by atoms with Crippen molar-refractivity contribution in [3.8, 4) is 11.5 Å². The molecule has 0 aromatic heterocycles. The monoisotopic (exact) mass is 358 g/mol. The second kappa shape index (κ2) is 8.37. The third kappa shape index (κ3) is 3.93. The highest BCUT2D eigenvalue weighted by molar-refractivity contribution is 6.03. The molecule has 0 spiro atoms. The van der Waals surface area contributed by atoms with E-state index >= 15 is 0 Å². The molecule has 3 heteroatoms. The maximum Gasteiger partial charge on any atom is 0.163 e. The van der Waals surface area contributed by atoms with Gasteiger partial charge in [0.25, 0.3) is 0 Å². The number of rotatable bonds is 3. The van der Waals surface area contributed by atoms with Gasteiger partial charge in [0, 0.05) is 10.8 Å². The van der Waals surface area contributed by atoms with E-state index in [0.29, 0.717) is 11.3 Å². The van der Waals surface area contributed by atoms with Crippen LogP contribution in [0.3, 0.4) is 0 Å². The molecule has 0 aliphatic rings. The van der Waals surface area contributed by atoms with Crippen LogP contribution in [0.1, 0.15) is 17.3 Å². The second-order valence-electron chi connectivity index (χ2n) is 6.11. The average molecular weight is 358 g/mol. The summed E-state index contributed by atoms with van der Waals surface area (Å²) in [5, 5.41) is 4.45. The Hall–Kier alpha value is -3.33. The number of ether oxygens (including phenoxy) is 2. The third-order valence-corrected chi connectivity index (χ3v) is 4.43. The molecule has 4 aromatic carbocycles. The number of carbonyl (C=O) groups excluding carboxylic acids is 1. The quantitative estimate of drug-likeness (QED) is 0.428. The molecule has 0 N–H and O–H groups in total. The van der Waals surface area contributed by atoms with Crippen LogP contribution in [-0.2, 0) is 0 Å². The van der Waals surface area contributed by atoms with E-state index in [1.165, 1.54) is 10.8 Å². The minimum absolute atomic E-state index is 0.0256. The minimum Gasteiger partial charge on any atom is -0.496 e. The van der Waals surface area contributed by atoms with Crippen LogP contribution in [0.15, 0.2) is 78.9 Å². The van der Waals surface area contributed by atoms with Gasteiger partial charge in [-0.3, -0.25) is 4.79 Å². The number of ketones is 1. The van der Waals surface area contributed by atoms with E-state index in [4.69, 9.17) is 9.47 Å². The summed E-state index contributed by atoms with van der Waals surface area (Å²) in [6.07, 6.45) is 0.